The first-order valence-electron chi connectivity index (χ1n) is 10.3. The first kappa shape index (κ1) is 21.4. The number of hydrogen-bond donors (Lipinski definition) is 1. The van der Waals surface area contributed by atoms with Gasteiger partial charge in [-0.3, -0.25) is 29.4 Å². The normalized spacial score (nSPS) is 24.6. The monoisotopic (exact) mass is 444 g/mol. The van der Waals surface area contributed by atoms with Gasteiger partial charge >= 0.3 is 0 Å². The van der Waals surface area contributed by atoms with E-state index in [0.717, 1.165) is 17.8 Å². The van der Waals surface area contributed by atoms with Gasteiger partial charge in [0, 0.05) is 31.0 Å². The number of amides is 3. The van der Waals surface area contributed by atoms with Crippen LogP contribution in [0.4, 0.5) is 10.8 Å². The zero-order valence-corrected chi connectivity index (χ0v) is 18.5. The van der Waals surface area contributed by atoms with Crippen LogP contribution in [0.5, 0.6) is 0 Å². The highest BCUT2D eigenvalue weighted by atomic mass is 32.1. The van der Waals surface area contributed by atoms with Crippen molar-refractivity contribution in [2.75, 3.05) is 11.9 Å². The van der Waals surface area contributed by atoms with Crippen LogP contribution in [0.15, 0.2) is 18.2 Å². The molecule has 0 radical (unpaired) electrons. The van der Waals surface area contributed by atoms with Crippen molar-refractivity contribution >= 4 is 50.1 Å². The Morgan fingerprint density at radius 3 is 2.81 bits per heavy atom. The number of aromatic nitrogens is 1. The zero-order chi connectivity index (χ0) is 22.6. The van der Waals surface area contributed by atoms with Crippen molar-refractivity contribution in [1.82, 2.24) is 9.88 Å². The standard InChI is InChI=1S/C21H24N4O5S/c1-20(2)13-8-9-21(20,3)18(28)24(17(13)27)10-4-5-16(26)23-19-22-14-7-6-12(25(29)30)11-15(14)31-19/h6-7,11,13H,4-5,8-10H2,1-3H3,(H,22,23,26). The molecule has 2 bridgehead atoms. The zero-order valence-electron chi connectivity index (χ0n) is 17.6. The number of nitro benzene ring substituents is 1. The number of rotatable bonds is 6. The summed E-state index contributed by atoms with van der Waals surface area (Å²) in [5.74, 6) is -0.696. The molecule has 4 rings (SSSR count). The number of non-ortho nitro benzene ring substituents is 1. The molecule has 2 fully saturated rings. The molecule has 1 aromatic heterocycles. The van der Waals surface area contributed by atoms with Gasteiger partial charge in [0.1, 0.15) is 0 Å². The summed E-state index contributed by atoms with van der Waals surface area (Å²) in [6.07, 6.45) is 1.93. The summed E-state index contributed by atoms with van der Waals surface area (Å²) >= 11 is 1.16. The van der Waals surface area contributed by atoms with Gasteiger partial charge in [0.25, 0.3) is 5.69 Å². The van der Waals surface area contributed by atoms with Crippen LogP contribution in [-0.4, -0.2) is 39.1 Å². The molecule has 1 N–H and O–H groups in total. The molecule has 0 spiro atoms. The van der Waals surface area contributed by atoms with Gasteiger partial charge in [0.05, 0.1) is 20.6 Å². The lowest BCUT2D eigenvalue weighted by Gasteiger charge is -2.47. The molecule has 2 aliphatic rings. The number of carbonyl (C=O) groups excluding carboxylic acids is 3. The first-order chi connectivity index (χ1) is 14.5. The number of fused-ring (bicyclic) bond motifs is 3. The molecule has 1 aliphatic carbocycles. The van der Waals surface area contributed by atoms with E-state index >= 15 is 0 Å². The van der Waals surface area contributed by atoms with Gasteiger partial charge in [0.2, 0.25) is 17.7 Å². The Morgan fingerprint density at radius 1 is 1.35 bits per heavy atom. The fourth-order valence-electron chi connectivity index (χ4n) is 4.77. The van der Waals surface area contributed by atoms with Gasteiger partial charge in [0.15, 0.2) is 5.13 Å². The van der Waals surface area contributed by atoms with Gasteiger partial charge in [-0.05, 0) is 30.7 Å². The molecule has 10 heteroatoms. The van der Waals surface area contributed by atoms with Crippen LogP contribution in [0.2, 0.25) is 0 Å². The van der Waals surface area contributed by atoms with Crippen LogP contribution in [-0.2, 0) is 14.4 Å². The van der Waals surface area contributed by atoms with Gasteiger partial charge in [-0.2, -0.15) is 0 Å². The van der Waals surface area contributed by atoms with E-state index in [1.807, 2.05) is 20.8 Å². The maximum Gasteiger partial charge on any atom is 0.270 e. The van der Waals surface area contributed by atoms with E-state index in [0.29, 0.717) is 28.2 Å². The van der Waals surface area contributed by atoms with Gasteiger partial charge in [-0.25, -0.2) is 4.98 Å². The SMILES string of the molecule is CC12CCC(C(=O)N(CCCC(=O)Nc3nc4ccc([N+](=O)[O-])cc4s3)C1=O)C2(C)C. The van der Waals surface area contributed by atoms with Crippen molar-refractivity contribution in [2.24, 2.45) is 16.7 Å². The number of carbonyl (C=O) groups is 3. The molecule has 31 heavy (non-hydrogen) atoms. The van der Waals surface area contributed by atoms with E-state index in [1.54, 1.807) is 6.07 Å². The van der Waals surface area contributed by atoms with Crippen LogP contribution < -0.4 is 5.32 Å². The Morgan fingerprint density at radius 2 is 2.10 bits per heavy atom. The van der Waals surface area contributed by atoms with Crippen molar-refractivity contribution in [2.45, 2.75) is 46.5 Å². The minimum atomic E-state index is -0.544. The van der Waals surface area contributed by atoms with Crippen molar-refractivity contribution < 1.29 is 19.3 Å². The van der Waals surface area contributed by atoms with E-state index in [2.05, 4.69) is 10.3 Å². The van der Waals surface area contributed by atoms with E-state index in [1.165, 1.54) is 17.0 Å². The van der Waals surface area contributed by atoms with Gasteiger partial charge < -0.3 is 5.32 Å². The van der Waals surface area contributed by atoms with Crippen LogP contribution in [0.3, 0.4) is 0 Å². The fourth-order valence-corrected chi connectivity index (χ4v) is 5.69. The predicted octanol–water partition coefficient (Wildman–Crippen LogP) is 3.73. The third-order valence-electron chi connectivity index (χ3n) is 7.12. The van der Waals surface area contributed by atoms with Crippen LogP contribution in [0.1, 0.15) is 46.5 Å². The van der Waals surface area contributed by atoms with E-state index in [4.69, 9.17) is 0 Å². The Bertz CT molecular complexity index is 1110. The molecule has 164 valence electrons. The van der Waals surface area contributed by atoms with E-state index < -0.39 is 10.3 Å². The quantitative estimate of drug-likeness (QED) is 0.411. The average molecular weight is 445 g/mol. The van der Waals surface area contributed by atoms with Crippen molar-refractivity contribution in [3.8, 4) is 0 Å². The number of likely N-dealkylation sites (tertiary alicyclic amines) is 1. The Labute approximate surface area is 183 Å². The summed E-state index contributed by atoms with van der Waals surface area (Å²) in [5, 5.41) is 14.0. The third kappa shape index (κ3) is 3.38. The first-order valence-corrected chi connectivity index (χ1v) is 11.1. The summed E-state index contributed by atoms with van der Waals surface area (Å²) in [6, 6.07) is 4.34. The maximum absolute atomic E-state index is 13.0. The summed E-state index contributed by atoms with van der Waals surface area (Å²) in [6.45, 7) is 6.16. The Kier molecular flexibility index (Phi) is 5.07. The molecule has 1 saturated carbocycles. The molecule has 2 unspecified atom stereocenters. The molecular weight excluding hydrogens is 420 g/mol. The number of benzene rings is 1. The van der Waals surface area contributed by atoms with Crippen molar-refractivity contribution in [3.05, 3.63) is 28.3 Å². The minimum Gasteiger partial charge on any atom is -0.302 e. The van der Waals surface area contributed by atoms with Crippen LogP contribution >= 0.6 is 11.3 Å². The van der Waals surface area contributed by atoms with E-state index in [9.17, 15) is 24.5 Å². The summed E-state index contributed by atoms with van der Waals surface area (Å²) in [5.41, 5.74) is -0.355. The smallest absolute Gasteiger partial charge is 0.270 e. The highest BCUT2D eigenvalue weighted by Gasteiger charge is 2.64. The topological polar surface area (TPSA) is 123 Å². The number of nitro groups is 1. The number of thiazole rings is 1. The molecule has 1 saturated heterocycles. The molecule has 2 aromatic rings. The van der Waals surface area contributed by atoms with Crippen LogP contribution in [0.25, 0.3) is 10.2 Å². The Hall–Kier alpha value is -2.88. The number of nitrogens with zero attached hydrogens (tertiary/aromatic N) is 3. The second kappa shape index (κ2) is 7.37. The van der Waals surface area contributed by atoms with Gasteiger partial charge in [-0.15, -0.1) is 0 Å². The molecule has 1 aliphatic heterocycles. The van der Waals surface area contributed by atoms with E-state index in [-0.39, 0.29) is 47.7 Å². The van der Waals surface area contributed by atoms with Gasteiger partial charge in [-0.1, -0.05) is 32.1 Å². The molecule has 3 amide bonds. The Balaban J connectivity index is 1.36. The molecule has 2 atom stereocenters. The molecular formula is C21H24N4O5S. The highest BCUT2D eigenvalue weighted by molar-refractivity contribution is 7.22. The number of nitrogens with one attached hydrogen (secondary N) is 1. The number of anilines is 1. The third-order valence-corrected chi connectivity index (χ3v) is 8.06. The lowest BCUT2D eigenvalue weighted by Crippen LogP contribution is -2.59. The summed E-state index contributed by atoms with van der Waals surface area (Å²) in [4.78, 5) is 54.2. The fraction of sp³-hybridized carbons (Fsp3) is 0.524. The van der Waals surface area contributed by atoms with Crippen molar-refractivity contribution in [1.29, 1.82) is 0 Å². The summed E-state index contributed by atoms with van der Waals surface area (Å²) < 4.78 is 0.611. The lowest BCUT2D eigenvalue weighted by atomic mass is 9.62. The largest absolute Gasteiger partial charge is 0.302 e. The number of imide groups is 1. The second-order valence-electron chi connectivity index (χ2n) is 9.02. The minimum absolute atomic E-state index is 0.0317. The predicted molar refractivity (Wildman–Crippen MR) is 115 cm³/mol. The maximum atomic E-state index is 13.0. The molecule has 2 heterocycles. The number of piperidine rings is 1. The van der Waals surface area contributed by atoms with Crippen LogP contribution in [0, 0.1) is 26.9 Å². The summed E-state index contributed by atoms with van der Waals surface area (Å²) in [7, 11) is 0. The highest BCUT2D eigenvalue weighted by Crippen LogP contribution is 2.60. The molecule has 1 aromatic carbocycles. The number of hydrogen-bond acceptors (Lipinski definition) is 7. The average Bonchev–Trinajstić information content (AvgIpc) is 3.18. The second-order valence-corrected chi connectivity index (χ2v) is 10.1. The molecule has 9 nitrogen and oxygen atoms in total. The van der Waals surface area contributed by atoms with Crippen molar-refractivity contribution in [3.63, 3.8) is 0 Å². The lowest BCUT2D eigenvalue weighted by molar-refractivity contribution is -0.384.